The molecule has 3 rings (SSSR count). The lowest BCUT2D eigenvalue weighted by Crippen LogP contribution is -2.34. The molecule has 1 N–H and O–H groups in total. The maximum atomic E-state index is 12.5. The van der Waals surface area contributed by atoms with Crippen LogP contribution in [0.2, 0.25) is 0 Å². The fourth-order valence-corrected chi connectivity index (χ4v) is 3.08. The smallest absolute Gasteiger partial charge is 0.270 e. The molecule has 1 aliphatic rings. The Labute approximate surface area is 154 Å². The molecule has 1 amide bonds. The van der Waals surface area contributed by atoms with E-state index in [1.165, 1.54) is 0 Å². The lowest BCUT2D eigenvalue weighted by atomic mass is 9.99. The van der Waals surface area contributed by atoms with Crippen molar-refractivity contribution < 1.29 is 9.53 Å². The molecule has 0 spiro atoms. The Bertz CT molecular complexity index is 753. The van der Waals surface area contributed by atoms with Gasteiger partial charge in [-0.2, -0.15) is 0 Å². The van der Waals surface area contributed by atoms with Crippen molar-refractivity contribution in [3.8, 4) is 5.75 Å². The SMILES string of the molecule is COc1ccc(CNC(=O)c2cc(N3CCC(C)CC3)nc(C)n2)cc1. The van der Waals surface area contributed by atoms with Gasteiger partial charge in [-0.1, -0.05) is 19.1 Å². The van der Waals surface area contributed by atoms with E-state index < -0.39 is 0 Å². The first-order chi connectivity index (χ1) is 12.5. The topological polar surface area (TPSA) is 67.3 Å². The summed E-state index contributed by atoms with van der Waals surface area (Å²) in [7, 11) is 1.63. The molecule has 1 saturated heterocycles. The molecule has 26 heavy (non-hydrogen) atoms. The minimum Gasteiger partial charge on any atom is -0.497 e. The Morgan fingerprint density at radius 1 is 1.23 bits per heavy atom. The van der Waals surface area contributed by atoms with Crippen LogP contribution < -0.4 is 15.0 Å². The second-order valence-corrected chi connectivity index (χ2v) is 6.86. The van der Waals surface area contributed by atoms with Gasteiger partial charge in [0.05, 0.1) is 7.11 Å². The van der Waals surface area contributed by atoms with Crippen LogP contribution in [0.5, 0.6) is 5.75 Å². The van der Waals surface area contributed by atoms with Crippen molar-refractivity contribution in [1.82, 2.24) is 15.3 Å². The summed E-state index contributed by atoms with van der Waals surface area (Å²) in [6, 6.07) is 9.43. The van der Waals surface area contributed by atoms with Gasteiger partial charge in [0.15, 0.2) is 0 Å². The standard InChI is InChI=1S/C20H26N4O2/c1-14-8-10-24(11-9-14)19-12-18(22-15(2)23-19)20(25)21-13-16-4-6-17(26-3)7-5-16/h4-7,12,14H,8-11,13H2,1-3H3,(H,21,25). The van der Waals surface area contributed by atoms with Crippen LogP contribution in [0, 0.1) is 12.8 Å². The first kappa shape index (κ1) is 18.2. The van der Waals surface area contributed by atoms with Gasteiger partial charge in [-0.05, 0) is 43.4 Å². The van der Waals surface area contributed by atoms with Gasteiger partial charge in [0.2, 0.25) is 0 Å². The van der Waals surface area contributed by atoms with E-state index >= 15 is 0 Å². The van der Waals surface area contributed by atoms with Crippen LogP contribution in [-0.4, -0.2) is 36.1 Å². The highest BCUT2D eigenvalue weighted by Gasteiger charge is 2.19. The van der Waals surface area contributed by atoms with Gasteiger partial charge in [-0.3, -0.25) is 4.79 Å². The normalized spacial score (nSPS) is 15.0. The lowest BCUT2D eigenvalue weighted by molar-refractivity contribution is 0.0945. The average Bonchev–Trinajstić information content (AvgIpc) is 2.66. The van der Waals surface area contributed by atoms with Crippen LogP contribution in [-0.2, 0) is 6.54 Å². The lowest BCUT2D eigenvalue weighted by Gasteiger charge is -2.31. The molecule has 0 bridgehead atoms. The number of methoxy groups -OCH3 is 1. The average molecular weight is 354 g/mol. The molecule has 6 nitrogen and oxygen atoms in total. The molecular weight excluding hydrogens is 328 g/mol. The summed E-state index contributed by atoms with van der Waals surface area (Å²) in [5.41, 5.74) is 1.43. The van der Waals surface area contributed by atoms with Crippen LogP contribution in [0.1, 0.15) is 41.6 Å². The van der Waals surface area contributed by atoms with Crippen LogP contribution in [0.15, 0.2) is 30.3 Å². The van der Waals surface area contributed by atoms with Gasteiger partial charge in [-0.25, -0.2) is 9.97 Å². The summed E-state index contributed by atoms with van der Waals surface area (Å²) in [5.74, 6) is 2.83. The van der Waals surface area contributed by atoms with E-state index in [1.807, 2.05) is 31.2 Å². The van der Waals surface area contributed by atoms with Gasteiger partial charge in [0.1, 0.15) is 23.1 Å². The van der Waals surface area contributed by atoms with E-state index in [4.69, 9.17) is 4.74 Å². The molecule has 0 aliphatic carbocycles. The molecular formula is C20H26N4O2. The van der Waals surface area contributed by atoms with Crippen LogP contribution in [0.3, 0.4) is 0 Å². The van der Waals surface area contributed by atoms with E-state index in [0.717, 1.165) is 49.0 Å². The Morgan fingerprint density at radius 2 is 1.92 bits per heavy atom. The predicted molar refractivity (Wildman–Crippen MR) is 102 cm³/mol. The van der Waals surface area contributed by atoms with Crippen molar-refractivity contribution in [1.29, 1.82) is 0 Å². The van der Waals surface area contributed by atoms with Gasteiger partial charge < -0.3 is 15.0 Å². The van der Waals surface area contributed by atoms with Crippen molar-refractivity contribution in [2.24, 2.45) is 5.92 Å². The summed E-state index contributed by atoms with van der Waals surface area (Å²) >= 11 is 0. The number of nitrogens with zero attached hydrogens (tertiary/aromatic N) is 3. The molecule has 1 fully saturated rings. The van der Waals surface area contributed by atoms with Crippen LogP contribution >= 0.6 is 0 Å². The third-order valence-electron chi connectivity index (χ3n) is 4.78. The fourth-order valence-electron chi connectivity index (χ4n) is 3.08. The van der Waals surface area contributed by atoms with Crippen LogP contribution in [0.25, 0.3) is 0 Å². The van der Waals surface area contributed by atoms with Crippen LogP contribution in [0.4, 0.5) is 5.82 Å². The molecule has 1 aromatic carbocycles. The Kier molecular flexibility index (Phi) is 5.71. The molecule has 0 saturated carbocycles. The molecule has 138 valence electrons. The maximum Gasteiger partial charge on any atom is 0.270 e. The number of anilines is 1. The number of ether oxygens (including phenoxy) is 1. The fraction of sp³-hybridized carbons (Fsp3) is 0.450. The van der Waals surface area contributed by atoms with Gasteiger partial charge in [-0.15, -0.1) is 0 Å². The highest BCUT2D eigenvalue weighted by molar-refractivity contribution is 5.92. The highest BCUT2D eigenvalue weighted by Crippen LogP contribution is 2.22. The largest absolute Gasteiger partial charge is 0.497 e. The minimum absolute atomic E-state index is 0.182. The summed E-state index contributed by atoms with van der Waals surface area (Å²) in [4.78, 5) is 23.6. The number of carbonyl (C=O) groups excluding carboxylic acids is 1. The van der Waals surface area contributed by atoms with Gasteiger partial charge >= 0.3 is 0 Å². The van der Waals surface area contributed by atoms with Gasteiger partial charge in [0.25, 0.3) is 5.91 Å². The quantitative estimate of drug-likeness (QED) is 0.894. The number of hydrogen-bond donors (Lipinski definition) is 1. The van der Waals surface area contributed by atoms with E-state index in [2.05, 4.69) is 27.1 Å². The first-order valence-corrected chi connectivity index (χ1v) is 9.07. The highest BCUT2D eigenvalue weighted by atomic mass is 16.5. The first-order valence-electron chi connectivity index (χ1n) is 9.07. The molecule has 0 atom stereocenters. The van der Waals surface area contributed by atoms with E-state index in [-0.39, 0.29) is 5.91 Å². The molecule has 1 aromatic heterocycles. The number of benzene rings is 1. The second kappa shape index (κ2) is 8.17. The Balaban J connectivity index is 1.66. The zero-order valence-electron chi connectivity index (χ0n) is 15.7. The third kappa shape index (κ3) is 4.50. The number of hydrogen-bond acceptors (Lipinski definition) is 5. The van der Waals surface area contributed by atoms with Crippen molar-refractivity contribution in [2.45, 2.75) is 33.2 Å². The van der Waals surface area contributed by atoms with E-state index in [0.29, 0.717) is 18.1 Å². The molecule has 0 unspecified atom stereocenters. The van der Waals surface area contributed by atoms with Crippen molar-refractivity contribution in [3.05, 3.63) is 47.4 Å². The van der Waals surface area contributed by atoms with Crippen molar-refractivity contribution in [3.63, 3.8) is 0 Å². The Morgan fingerprint density at radius 3 is 2.58 bits per heavy atom. The molecule has 1 aliphatic heterocycles. The van der Waals surface area contributed by atoms with Crippen molar-refractivity contribution >= 4 is 11.7 Å². The minimum atomic E-state index is -0.182. The monoisotopic (exact) mass is 354 g/mol. The van der Waals surface area contributed by atoms with E-state index in [1.54, 1.807) is 13.2 Å². The zero-order chi connectivity index (χ0) is 18.5. The summed E-state index contributed by atoms with van der Waals surface area (Å²) in [5, 5.41) is 2.93. The third-order valence-corrected chi connectivity index (χ3v) is 4.78. The summed E-state index contributed by atoms with van der Waals surface area (Å²) in [6.07, 6.45) is 2.31. The molecule has 6 heteroatoms. The maximum absolute atomic E-state index is 12.5. The number of aromatic nitrogens is 2. The predicted octanol–water partition coefficient (Wildman–Crippen LogP) is 2.96. The Hall–Kier alpha value is -2.63. The van der Waals surface area contributed by atoms with Gasteiger partial charge in [0, 0.05) is 25.7 Å². The van der Waals surface area contributed by atoms with Crippen molar-refractivity contribution in [2.75, 3.05) is 25.1 Å². The second-order valence-electron chi connectivity index (χ2n) is 6.86. The number of aryl methyl sites for hydroxylation is 1. The van der Waals surface area contributed by atoms with E-state index in [9.17, 15) is 4.79 Å². The molecule has 2 aromatic rings. The number of carbonyl (C=O) groups is 1. The molecule has 2 heterocycles. The molecule has 0 radical (unpaired) electrons. The number of nitrogens with one attached hydrogen (secondary N) is 1. The number of rotatable bonds is 5. The summed E-state index contributed by atoms with van der Waals surface area (Å²) in [6.45, 7) is 6.51. The zero-order valence-corrected chi connectivity index (χ0v) is 15.7. The summed E-state index contributed by atoms with van der Waals surface area (Å²) < 4.78 is 5.15. The number of amides is 1. The number of piperidine rings is 1.